The molecule has 0 aromatic rings. The third-order valence-corrected chi connectivity index (χ3v) is 7.14. The van der Waals surface area contributed by atoms with Gasteiger partial charge in [0.1, 0.15) is 0 Å². The fraction of sp³-hybridized carbons (Fsp3) is 0.900. The Labute approximate surface area is 137 Å². The highest BCUT2D eigenvalue weighted by molar-refractivity contribution is 5.08. The summed E-state index contributed by atoms with van der Waals surface area (Å²) in [5.41, 5.74) is -0.900. The number of rotatable bonds is 4. The van der Waals surface area contributed by atoms with E-state index in [-0.39, 0.29) is 11.3 Å². The molecule has 0 saturated heterocycles. The molecule has 0 heterocycles. The van der Waals surface area contributed by atoms with E-state index in [4.69, 9.17) is 0 Å². The van der Waals surface area contributed by atoms with Crippen molar-refractivity contribution in [2.45, 2.75) is 90.8 Å². The molecular weight excluding hydrogens is 272 g/mol. The predicted molar refractivity (Wildman–Crippen MR) is 92.6 cm³/mol. The first-order chi connectivity index (χ1) is 9.95. The van der Waals surface area contributed by atoms with E-state index in [1.807, 2.05) is 13.8 Å². The Morgan fingerprint density at radius 1 is 1.18 bits per heavy atom. The van der Waals surface area contributed by atoms with Gasteiger partial charge in [-0.1, -0.05) is 33.3 Å². The van der Waals surface area contributed by atoms with Crippen molar-refractivity contribution >= 4 is 0 Å². The van der Waals surface area contributed by atoms with Crippen LogP contribution in [0.5, 0.6) is 0 Å². The van der Waals surface area contributed by atoms with Gasteiger partial charge in [0, 0.05) is 0 Å². The SMILES string of the molecule is C=C[C@@](C)(O)CC[C@H]1[C@]2(C)CCCC(C)(C)[C@@H]2CC[C@@]1(C)O. The molecule has 0 aromatic carbocycles. The molecule has 0 unspecified atom stereocenters. The van der Waals surface area contributed by atoms with Crippen molar-refractivity contribution in [1.29, 1.82) is 0 Å². The Balaban J connectivity index is 2.28. The van der Waals surface area contributed by atoms with Crippen molar-refractivity contribution in [3.05, 3.63) is 12.7 Å². The van der Waals surface area contributed by atoms with Crippen LogP contribution >= 0.6 is 0 Å². The molecule has 2 N–H and O–H groups in total. The quantitative estimate of drug-likeness (QED) is 0.739. The maximum atomic E-state index is 11.1. The van der Waals surface area contributed by atoms with Gasteiger partial charge in [0.25, 0.3) is 0 Å². The van der Waals surface area contributed by atoms with Crippen LogP contribution in [-0.4, -0.2) is 21.4 Å². The highest BCUT2D eigenvalue weighted by atomic mass is 16.3. The molecular formula is C20H36O2. The first kappa shape index (κ1) is 18.0. The Morgan fingerprint density at radius 2 is 1.82 bits per heavy atom. The molecule has 0 amide bonds. The summed E-state index contributed by atoms with van der Waals surface area (Å²) in [6.45, 7) is 14.8. The second-order valence-electron chi connectivity index (χ2n) is 9.45. The van der Waals surface area contributed by atoms with Crippen molar-refractivity contribution < 1.29 is 10.2 Å². The summed E-state index contributed by atoms with van der Waals surface area (Å²) in [7, 11) is 0. The van der Waals surface area contributed by atoms with E-state index in [0.29, 0.717) is 17.8 Å². The van der Waals surface area contributed by atoms with Crippen LogP contribution in [0.3, 0.4) is 0 Å². The minimum absolute atomic E-state index is 0.181. The lowest BCUT2D eigenvalue weighted by molar-refractivity contribution is -0.171. The largest absolute Gasteiger partial charge is 0.390 e. The lowest BCUT2D eigenvalue weighted by Crippen LogP contribution is -2.57. The second kappa shape index (κ2) is 5.63. The molecule has 2 nitrogen and oxygen atoms in total. The topological polar surface area (TPSA) is 40.5 Å². The zero-order valence-corrected chi connectivity index (χ0v) is 15.3. The average Bonchev–Trinajstić information content (AvgIpc) is 2.35. The first-order valence-corrected chi connectivity index (χ1v) is 9.03. The van der Waals surface area contributed by atoms with Crippen LogP contribution in [0.2, 0.25) is 0 Å². The van der Waals surface area contributed by atoms with Crippen molar-refractivity contribution in [3.63, 3.8) is 0 Å². The van der Waals surface area contributed by atoms with E-state index in [1.54, 1.807) is 6.08 Å². The lowest BCUT2D eigenvalue weighted by Gasteiger charge is -2.61. The number of hydrogen-bond acceptors (Lipinski definition) is 2. The Bertz CT molecular complexity index is 421. The van der Waals surface area contributed by atoms with E-state index < -0.39 is 11.2 Å². The monoisotopic (exact) mass is 308 g/mol. The highest BCUT2D eigenvalue weighted by Gasteiger charge is 2.57. The van der Waals surface area contributed by atoms with E-state index >= 15 is 0 Å². The molecule has 2 saturated carbocycles. The van der Waals surface area contributed by atoms with Crippen LogP contribution < -0.4 is 0 Å². The molecule has 2 fully saturated rings. The Hall–Kier alpha value is -0.340. The number of hydrogen-bond donors (Lipinski definition) is 2. The maximum Gasteiger partial charge on any atom is 0.0797 e. The molecule has 2 aliphatic rings. The van der Waals surface area contributed by atoms with Crippen LogP contribution in [0.1, 0.15) is 79.6 Å². The second-order valence-corrected chi connectivity index (χ2v) is 9.45. The van der Waals surface area contributed by atoms with Gasteiger partial charge in [0.2, 0.25) is 0 Å². The van der Waals surface area contributed by atoms with Gasteiger partial charge >= 0.3 is 0 Å². The van der Waals surface area contributed by atoms with Gasteiger partial charge in [-0.05, 0) is 75.0 Å². The highest BCUT2D eigenvalue weighted by Crippen LogP contribution is 2.63. The zero-order chi connectivity index (χ0) is 16.8. The lowest BCUT2D eigenvalue weighted by atomic mass is 9.45. The fourth-order valence-electron chi connectivity index (χ4n) is 5.80. The molecule has 128 valence electrons. The van der Waals surface area contributed by atoms with Gasteiger partial charge < -0.3 is 10.2 Å². The first-order valence-electron chi connectivity index (χ1n) is 9.03. The zero-order valence-electron chi connectivity index (χ0n) is 15.3. The predicted octanol–water partition coefficient (Wildman–Crippen LogP) is 4.70. The molecule has 0 spiro atoms. The molecule has 2 heteroatoms. The molecule has 0 radical (unpaired) electrons. The summed E-state index contributed by atoms with van der Waals surface area (Å²) in [5, 5.41) is 21.4. The van der Waals surface area contributed by atoms with Crippen molar-refractivity contribution in [1.82, 2.24) is 0 Å². The van der Waals surface area contributed by atoms with Crippen molar-refractivity contribution in [2.24, 2.45) is 22.7 Å². The number of aliphatic hydroxyl groups is 2. The van der Waals surface area contributed by atoms with Gasteiger partial charge in [0.15, 0.2) is 0 Å². The molecule has 5 atom stereocenters. The van der Waals surface area contributed by atoms with E-state index in [2.05, 4.69) is 27.4 Å². The van der Waals surface area contributed by atoms with Gasteiger partial charge in [-0.2, -0.15) is 0 Å². The van der Waals surface area contributed by atoms with Gasteiger partial charge in [-0.25, -0.2) is 0 Å². The minimum atomic E-state index is -0.830. The van der Waals surface area contributed by atoms with Gasteiger partial charge in [-0.3, -0.25) is 0 Å². The summed E-state index contributed by atoms with van der Waals surface area (Å²) in [6.07, 6.45) is 8.96. The smallest absolute Gasteiger partial charge is 0.0797 e. The summed E-state index contributed by atoms with van der Waals surface area (Å²) in [6, 6.07) is 0. The molecule has 0 bridgehead atoms. The van der Waals surface area contributed by atoms with E-state index in [9.17, 15) is 10.2 Å². The summed E-state index contributed by atoms with van der Waals surface area (Å²) in [4.78, 5) is 0. The standard InChI is InChI=1S/C20H36O2/c1-7-18(4,21)13-9-16-19(5)12-8-11-17(2,3)15(19)10-14-20(16,6)22/h7,15-16,21-22H,1,8-14H2,2-6H3/t15-,16-,18+,19+,20+/m0/s1. The summed E-state index contributed by atoms with van der Waals surface area (Å²) >= 11 is 0. The van der Waals surface area contributed by atoms with Crippen LogP contribution in [-0.2, 0) is 0 Å². The normalized spacial score (nSPS) is 44.0. The fourth-order valence-corrected chi connectivity index (χ4v) is 5.80. The maximum absolute atomic E-state index is 11.1. The number of fused-ring (bicyclic) bond motifs is 1. The third kappa shape index (κ3) is 3.14. The van der Waals surface area contributed by atoms with E-state index in [1.165, 1.54) is 19.3 Å². The van der Waals surface area contributed by atoms with Gasteiger partial charge in [0.05, 0.1) is 11.2 Å². The molecule has 2 aliphatic carbocycles. The summed E-state index contributed by atoms with van der Waals surface area (Å²) < 4.78 is 0. The van der Waals surface area contributed by atoms with Crippen LogP contribution in [0.25, 0.3) is 0 Å². The van der Waals surface area contributed by atoms with Crippen molar-refractivity contribution in [2.75, 3.05) is 0 Å². The van der Waals surface area contributed by atoms with Gasteiger partial charge in [-0.15, -0.1) is 6.58 Å². The van der Waals surface area contributed by atoms with Crippen LogP contribution in [0.15, 0.2) is 12.7 Å². The third-order valence-electron chi connectivity index (χ3n) is 7.14. The Kier molecular flexibility index (Phi) is 4.61. The Morgan fingerprint density at radius 3 is 2.41 bits per heavy atom. The summed E-state index contributed by atoms with van der Waals surface area (Å²) in [5.74, 6) is 0.928. The minimum Gasteiger partial charge on any atom is -0.390 e. The molecule has 0 aromatic heterocycles. The molecule has 2 rings (SSSR count). The molecule has 0 aliphatic heterocycles. The van der Waals surface area contributed by atoms with Crippen LogP contribution in [0.4, 0.5) is 0 Å². The van der Waals surface area contributed by atoms with E-state index in [0.717, 1.165) is 19.3 Å². The average molecular weight is 309 g/mol. The molecule has 22 heavy (non-hydrogen) atoms. The van der Waals surface area contributed by atoms with Crippen LogP contribution in [0, 0.1) is 22.7 Å². The van der Waals surface area contributed by atoms with Crippen molar-refractivity contribution in [3.8, 4) is 0 Å².